The summed E-state index contributed by atoms with van der Waals surface area (Å²) in [5.74, 6) is 0. The Kier molecular flexibility index (Phi) is 5.33. The van der Waals surface area contributed by atoms with Crippen molar-refractivity contribution < 1.29 is 9.59 Å². The Morgan fingerprint density at radius 1 is 0.429 bits per heavy atom. The van der Waals surface area contributed by atoms with E-state index < -0.39 is 0 Å². The summed E-state index contributed by atoms with van der Waals surface area (Å²) < 4.78 is 0. The average molecular weight is 370 g/mol. The first-order valence-corrected chi connectivity index (χ1v) is 9.51. The minimum atomic E-state index is 0.744. The SMILES string of the molecule is Cc1cc(-c2cc(C)c(-c3cc(C)c(C=O)cc3C)cc2C)c(C)cc1C=O. The molecule has 0 atom stereocenters. The second kappa shape index (κ2) is 7.55. The monoisotopic (exact) mass is 370 g/mol. The van der Waals surface area contributed by atoms with Crippen LogP contribution in [-0.4, -0.2) is 12.6 Å². The van der Waals surface area contributed by atoms with Crippen LogP contribution in [0.4, 0.5) is 0 Å². The van der Waals surface area contributed by atoms with Gasteiger partial charge in [0.1, 0.15) is 12.6 Å². The van der Waals surface area contributed by atoms with Crippen LogP contribution in [0.15, 0.2) is 36.4 Å². The molecule has 0 saturated carbocycles. The summed E-state index contributed by atoms with van der Waals surface area (Å²) in [5, 5.41) is 0. The Bertz CT molecular complexity index is 1010. The first kappa shape index (κ1) is 19.8. The van der Waals surface area contributed by atoms with Crippen LogP contribution in [0.1, 0.15) is 54.1 Å². The number of aldehydes is 2. The zero-order valence-corrected chi connectivity index (χ0v) is 17.4. The van der Waals surface area contributed by atoms with Crippen LogP contribution in [-0.2, 0) is 0 Å². The molecule has 0 N–H and O–H groups in total. The Morgan fingerprint density at radius 3 is 0.964 bits per heavy atom. The molecule has 0 aliphatic carbocycles. The van der Waals surface area contributed by atoms with Gasteiger partial charge in [-0.1, -0.05) is 24.3 Å². The fraction of sp³-hybridized carbons (Fsp3) is 0.231. The molecule has 3 aromatic rings. The second-order valence-electron chi connectivity index (χ2n) is 7.77. The lowest BCUT2D eigenvalue weighted by Crippen LogP contribution is -1.97. The van der Waals surface area contributed by atoms with Gasteiger partial charge in [-0.25, -0.2) is 0 Å². The molecule has 28 heavy (non-hydrogen) atoms. The van der Waals surface area contributed by atoms with E-state index in [0.717, 1.165) is 46.0 Å². The van der Waals surface area contributed by atoms with Crippen LogP contribution in [0, 0.1) is 41.5 Å². The molecular weight excluding hydrogens is 344 g/mol. The van der Waals surface area contributed by atoms with Crippen molar-refractivity contribution in [1.29, 1.82) is 0 Å². The molecule has 0 aliphatic rings. The number of hydrogen-bond donors (Lipinski definition) is 0. The van der Waals surface area contributed by atoms with E-state index in [1.54, 1.807) is 0 Å². The van der Waals surface area contributed by atoms with Crippen molar-refractivity contribution >= 4 is 12.6 Å². The molecular formula is C26H26O2. The van der Waals surface area contributed by atoms with Crippen LogP contribution in [0.3, 0.4) is 0 Å². The maximum Gasteiger partial charge on any atom is 0.150 e. The number of aryl methyl sites for hydroxylation is 6. The van der Waals surface area contributed by atoms with Gasteiger partial charge in [-0.15, -0.1) is 0 Å². The highest BCUT2D eigenvalue weighted by molar-refractivity contribution is 5.85. The molecule has 3 aromatic carbocycles. The minimum Gasteiger partial charge on any atom is -0.298 e. The van der Waals surface area contributed by atoms with Gasteiger partial charge in [-0.05, 0) is 109 Å². The second-order valence-corrected chi connectivity index (χ2v) is 7.77. The topological polar surface area (TPSA) is 34.1 Å². The van der Waals surface area contributed by atoms with Gasteiger partial charge < -0.3 is 0 Å². The fourth-order valence-corrected chi connectivity index (χ4v) is 3.91. The van der Waals surface area contributed by atoms with E-state index in [-0.39, 0.29) is 0 Å². The van der Waals surface area contributed by atoms with Crippen molar-refractivity contribution in [1.82, 2.24) is 0 Å². The molecule has 0 unspecified atom stereocenters. The lowest BCUT2D eigenvalue weighted by molar-refractivity contribution is 0.111. The molecule has 2 nitrogen and oxygen atoms in total. The molecule has 0 saturated heterocycles. The summed E-state index contributed by atoms with van der Waals surface area (Å²) in [6, 6.07) is 12.6. The Hall–Kier alpha value is -3.00. The largest absolute Gasteiger partial charge is 0.298 e. The van der Waals surface area contributed by atoms with Crippen LogP contribution >= 0.6 is 0 Å². The van der Waals surface area contributed by atoms with Crippen molar-refractivity contribution in [3.63, 3.8) is 0 Å². The van der Waals surface area contributed by atoms with E-state index in [1.165, 1.54) is 33.4 Å². The molecule has 0 heterocycles. The van der Waals surface area contributed by atoms with Gasteiger partial charge in [-0.3, -0.25) is 9.59 Å². The first-order chi connectivity index (χ1) is 13.3. The quantitative estimate of drug-likeness (QED) is 0.491. The zero-order valence-electron chi connectivity index (χ0n) is 17.4. The summed E-state index contributed by atoms with van der Waals surface area (Å²) in [5.41, 5.74) is 12.8. The van der Waals surface area contributed by atoms with Gasteiger partial charge in [0, 0.05) is 11.1 Å². The third-order valence-electron chi connectivity index (χ3n) is 5.63. The normalized spacial score (nSPS) is 10.8. The van der Waals surface area contributed by atoms with E-state index in [9.17, 15) is 9.59 Å². The van der Waals surface area contributed by atoms with E-state index >= 15 is 0 Å². The van der Waals surface area contributed by atoms with Gasteiger partial charge in [0.2, 0.25) is 0 Å². The predicted octanol–water partition coefficient (Wildman–Crippen LogP) is 6.50. The van der Waals surface area contributed by atoms with Crippen molar-refractivity contribution in [2.45, 2.75) is 41.5 Å². The van der Waals surface area contributed by atoms with Crippen LogP contribution in [0.25, 0.3) is 22.3 Å². The standard InChI is InChI=1S/C26H26O2/c1-15-9-23(17(3)7-21(15)13-27)25-11-20(6)26(12-19(25)5)24-10-16(2)22(14-28)8-18(24)4/h7-14H,1-6H3. The lowest BCUT2D eigenvalue weighted by Gasteiger charge is -2.17. The van der Waals surface area contributed by atoms with E-state index in [4.69, 9.17) is 0 Å². The molecule has 0 bridgehead atoms. The lowest BCUT2D eigenvalue weighted by atomic mass is 9.87. The number of rotatable bonds is 4. The smallest absolute Gasteiger partial charge is 0.150 e. The minimum absolute atomic E-state index is 0.744. The maximum atomic E-state index is 11.2. The number of benzene rings is 3. The van der Waals surface area contributed by atoms with Crippen LogP contribution in [0.5, 0.6) is 0 Å². The molecule has 2 heteroatoms. The van der Waals surface area contributed by atoms with Crippen molar-refractivity contribution in [3.8, 4) is 22.3 Å². The van der Waals surface area contributed by atoms with Gasteiger partial charge >= 0.3 is 0 Å². The summed E-state index contributed by atoms with van der Waals surface area (Å²) >= 11 is 0. The van der Waals surface area contributed by atoms with Gasteiger partial charge in [0.15, 0.2) is 0 Å². The Labute approximate surface area is 167 Å². The third kappa shape index (κ3) is 3.43. The van der Waals surface area contributed by atoms with Gasteiger partial charge in [0.25, 0.3) is 0 Å². The Morgan fingerprint density at radius 2 is 0.679 bits per heavy atom. The van der Waals surface area contributed by atoms with E-state index in [1.807, 2.05) is 26.0 Å². The number of carbonyl (C=O) groups is 2. The van der Waals surface area contributed by atoms with Crippen LogP contribution in [0.2, 0.25) is 0 Å². The first-order valence-electron chi connectivity index (χ1n) is 9.51. The molecule has 142 valence electrons. The molecule has 0 spiro atoms. The molecule has 0 fully saturated rings. The number of hydrogen-bond acceptors (Lipinski definition) is 2. The van der Waals surface area contributed by atoms with E-state index in [2.05, 4.69) is 52.0 Å². The highest BCUT2D eigenvalue weighted by atomic mass is 16.1. The predicted molar refractivity (Wildman–Crippen MR) is 117 cm³/mol. The van der Waals surface area contributed by atoms with Crippen LogP contribution < -0.4 is 0 Å². The molecule has 0 aromatic heterocycles. The molecule has 0 radical (unpaired) electrons. The van der Waals surface area contributed by atoms with Crippen molar-refractivity contribution in [3.05, 3.63) is 80.9 Å². The summed E-state index contributed by atoms with van der Waals surface area (Å²) in [7, 11) is 0. The fourth-order valence-electron chi connectivity index (χ4n) is 3.91. The molecule has 0 amide bonds. The average Bonchev–Trinajstić information content (AvgIpc) is 2.66. The third-order valence-corrected chi connectivity index (χ3v) is 5.63. The zero-order chi connectivity index (χ0) is 20.6. The highest BCUT2D eigenvalue weighted by Crippen LogP contribution is 2.36. The Balaban J connectivity index is 2.18. The number of carbonyl (C=O) groups excluding carboxylic acids is 2. The van der Waals surface area contributed by atoms with Gasteiger partial charge in [0.05, 0.1) is 0 Å². The van der Waals surface area contributed by atoms with Crippen molar-refractivity contribution in [2.75, 3.05) is 0 Å². The summed E-state index contributed by atoms with van der Waals surface area (Å²) in [4.78, 5) is 22.5. The van der Waals surface area contributed by atoms with Gasteiger partial charge in [-0.2, -0.15) is 0 Å². The highest BCUT2D eigenvalue weighted by Gasteiger charge is 2.14. The van der Waals surface area contributed by atoms with E-state index in [0.29, 0.717) is 0 Å². The molecule has 0 aliphatic heterocycles. The summed E-state index contributed by atoms with van der Waals surface area (Å²) in [6.07, 6.45) is 1.84. The van der Waals surface area contributed by atoms with Crippen molar-refractivity contribution in [2.24, 2.45) is 0 Å². The maximum absolute atomic E-state index is 11.2. The molecule has 3 rings (SSSR count). The summed E-state index contributed by atoms with van der Waals surface area (Å²) in [6.45, 7) is 12.3.